The van der Waals surface area contributed by atoms with Crippen molar-refractivity contribution >= 4 is 11.6 Å². The van der Waals surface area contributed by atoms with Crippen LogP contribution in [0.5, 0.6) is 0 Å². The van der Waals surface area contributed by atoms with Crippen LogP contribution in [0.25, 0.3) is 0 Å². The van der Waals surface area contributed by atoms with Crippen molar-refractivity contribution < 1.29 is 9.59 Å². The second-order valence-electron chi connectivity index (χ2n) is 4.68. The number of rotatable bonds is 2. The summed E-state index contributed by atoms with van der Waals surface area (Å²) in [5.41, 5.74) is 0.584. The number of carbonyl (C=O) groups is 2. The van der Waals surface area contributed by atoms with Gasteiger partial charge in [-0.25, -0.2) is 0 Å². The molecule has 2 heteroatoms. The maximum absolute atomic E-state index is 12.0. The molecule has 0 aromatic heterocycles. The fraction of sp³-hybridized carbons (Fsp3) is 0.385. The Hall–Kier alpha value is -1.44. The number of hydrogen-bond donors (Lipinski definition) is 0. The van der Waals surface area contributed by atoms with Crippen LogP contribution in [0.4, 0.5) is 0 Å². The average Bonchev–Trinajstić information content (AvgIpc) is 2.15. The van der Waals surface area contributed by atoms with Gasteiger partial charge in [-0.1, -0.05) is 45.0 Å². The van der Waals surface area contributed by atoms with Crippen molar-refractivity contribution in [2.24, 2.45) is 5.41 Å². The fourth-order valence-corrected chi connectivity index (χ4v) is 1.39. The highest BCUT2D eigenvalue weighted by molar-refractivity contribution is 6.09. The molecule has 0 aliphatic heterocycles. The highest BCUT2D eigenvalue weighted by Crippen LogP contribution is 2.23. The molecule has 0 N–H and O–H groups in total. The summed E-state index contributed by atoms with van der Waals surface area (Å²) in [6, 6.07) is 6.97. The van der Waals surface area contributed by atoms with Crippen molar-refractivity contribution in [3.8, 4) is 0 Å². The lowest BCUT2D eigenvalue weighted by Crippen LogP contribution is -2.22. The predicted octanol–water partition coefficient (Wildman–Crippen LogP) is 3.12. The van der Waals surface area contributed by atoms with E-state index in [1.165, 1.54) is 6.92 Å². The number of Topliss-reactive ketones (excluding diaryl/α,β-unsaturated/α-hetero) is 2. The summed E-state index contributed by atoms with van der Waals surface area (Å²) in [4.78, 5) is 23.4. The Morgan fingerprint density at radius 1 is 1.00 bits per heavy atom. The maximum Gasteiger partial charge on any atom is 0.168 e. The van der Waals surface area contributed by atoms with E-state index >= 15 is 0 Å². The molecule has 0 aliphatic rings. The highest BCUT2D eigenvalue weighted by Gasteiger charge is 2.25. The number of hydrogen-bond acceptors (Lipinski definition) is 2. The molecule has 0 spiro atoms. The smallest absolute Gasteiger partial charge is 0.168 e. The molecule has 0 bridgehead atoms. The second-order valence-corrected chi connectivity index (χ2v) is 4.68. The van der Waals surface area contributed by atoms with E-state index in [1.54, 1.807) is 24.3 Å². The Labute approximate surface area is 90.3 Å². The van der Waals surface area contributed by atoms with Crippen molar-refractivity contribution in [1.29, 1.82) is 0 Å². The third kappa shape index (κ3) is 2.52. The van der Waals surface area contributed by atoms with Gasteiger partial charge in [-0.3, -0.25) is 9.59 Å². The minimum atomic E-state index is -0.453. The van der Waals surface area contributed by atoms with Crippen LogP contribution in [0.1, 0.15) is 48.4 Å². The minimum Gasteiger partial charge on any atom is -0.294 e. The van der Waals surface area contributed by atoms with Crippen LogP contribution < -0.4 is 0 Å². The van der Waals surface area contributed by atoms with E-state index in [-0.39, 0.29) is 11.6 Å². The quantitative estimate of drug-likeness (QED) is 0.693. The van der Waals surface area contributed by atoms with Crippen LogP contribution in [0.15, 0.2) is 24.3 Å². The first kappa shape index (κ1) is 11.6. The second kappa shape index (κ2) is 3.97. The SMILES string of the molecule is CC(=O)c1ccccc1C(=O)C(C)(C)C. The van der Waals surface area contributed by atoms with E-state index < -0.39 is 5.41 Å². The summed E-state index contributed by atoms with van der Waals surface area (Å²) >= 11 is 0. The Kier molecular flexibility index (Phi) is 3.08. The third-order valence-corrected chi connectivity index (χ3v) is 2.23. The molecule has 1 rings (SSSR count). The van der Waals surface area contributed by atoms with Gasteiger partial charge in [0, 0.05) is 16.5 Å². The molecule has 0 heterocycles. The number of benzene rings is 1. The molecule has 0 radical (unpaired) electrons. The number of carbonyl (C=O) groups excluding carboxylic acids is 2. The summed E-state index contributed by atoms with van der Waals surface area (Å²) < 4.78 is 0. The first-order valence-electron chi connectivity index (χ1n) is 4.99. The fourth-order valence-electron chi connectivity index (χ4n) is 1.39. The Morgan fingerprint density at radius 2 is 1.47 bits per heavy atom. The normalized spacial score (nSPS) is 11.2. The van der Waals surface area contributed by atoms with E-state index in [4.69, 9.17) is 0 Å². The van der Waals surface area contributed by atoms with Gasteiger partial charge < -0.3 is 0 Å². The summed E-state index contributed by atoms with van der Waals surface area (Å²) in [5, 5.41) is 0. The summed E-state index contributed by atoms with van der Waals surface area (Å²) in [7, 11) is 0. The third-order valence-electron chi connectivity index (χ3n) is 2.23. The van der Waals surface area contributed by atoms with Crippen LogP contribution in [0.3, 0.4) is 0 Å². The molecule has 0 saturated carbocycles. The van der Waals surface area contributed by atoms with E-state index in [0.29, 0.717) is 11.1 Å². The standard InChI is InChI=1S/C13H16O2/c1-9(14)10-7-5-6-8-11(10)12(15)13(2,3)4/h5-8H,1-4H3. The van der Waals surface area contributed by atoms with E-state index in [2.05, 4.69) is 0 Å². The molecule has 1 aromatic rings. The summed E-state index contributed by atoms with van der Waals surface area (Å²) in [5.74, 6) is -0.0588. The largest absolute Gasteiger partial charge is 0.294 e. The van der Waals surface area contributed by atoms with Crippen LogP contribution in [-0.4, -0.2) is 11.6 Å². The van der Waals surface area contributed by atoms with E-state index in [0.717, 1.165) is 0 Å². The molecule has 0 aliphatic carbocycles. The monoisotopic (exact) mass is 204 g/mol. The molecule has 2 nitrogen and oxygen atoms in total. The van der Waals surface area contributed by atoms with Gasteiger partial charge >= 0.3 is 0 Å². The molecule has 1 aromatic carbocycles. The molecular weight excluding hydrogens is 188 g/mol. The van der Waals surface area contributed by atoms with Gasteiger partial charge in [0.1, 0.15) is 0 Å². The Bertz CT molecular complexity index is 397. The zero-order chi connectivity index (χ0) is 11.6. The lowest BCUT2D eigenvalue weighted by atomic mass is 9.84. The summed E-state index contributed by atoms with van der Waals surface area (Å²) in [6.45, 7) is 7.04. The first-order valence-corrected chi connectivity index (χ1v) is 4.99. The van der Waals surface area contributed by atoms with Crippen molar-refractivity contribution in [3.63, 3.8) is 0 Å². The van der Waals surface area contributed by atoms with Gasteiger partial charge in [-0.2, -0.15) is 0 Å². The average molecular weight is 204 g/mol. The van der Waals surface area contributed by atoms with Crippen molar-refractivity contribution in [2.75, 3.05) is 0 Å². The molecule has 80 valence electrons. The zero-order valence-corrected chi connectivity index (χ0v) is 9.63. The molecule has 15 heavy (non-hydrogen) atoms. The maximum atomic E-state index is 12.0. The van der Waals surface area contributed by atoms with Crippen LogP contribution in [-0.2, 0) is 0 Å². The van der Waals surface area contributed by atoms with Crippen LogP contribution in [0.2, 0.25) is 0 Å². The lowest BCUT2D eigenvalue weighted by Gasteiger charge is -2.18. The zero-order valence-electron chi connectivity index (χ0n) is 9.63. The molecular formula is C13H16O2. The van der Waals surface area contributed by atoms with Gasteiger partial charge in [0.15, 0.2) is 11.6 Å². The minimum absolute atomic E-state index is 0.00769. The molecule has 0 fully saturated rings. The lowest BCUT2D eigenvalue weighted by molar-refractivity contribution is 0.0851. The predicted molar refractivity (Wildman–Crippen MR) is 60.2 cm³/mol. The van der Waals surface area contributed by atoms with Crippen molar-refractivity contribution in [1.82, 2.24) is 0 Å². The van der Waals surface area contributed by atoms with Crippen LogP contribution >= 0.6 is 0 Å². The van der Waals surface area contributed by atoms with Crippen LogP contribution in [0, 0.1) is 5.41 Å². The van der Waals surface area contributed by atoms with Gasteiger partial charge in [-0.05, 0) is 6.92 Å². The molecule has 0 atom stereocenters. The van der Waals surface area contributed by atoms with Crippen molar-refractivity contribution in [2.45, 2.75) is 27.7 Å². The topological polar surface area (TPSA) is 34.1 Å². The molecule has 0 amide bonds. The highest BCUT2D eigenvalue weighted by atomic mass is 16.1. The molecule has 0 unspecified atom stereocenters. The van der Waals surface area contributed by atoms with Gasteiger partial charge in [-0.15, -0.1) is 0 Å². The van der Waals surface area contributed by atoms with E-state index in [9.17, 15) is 9.59 Å². The summed E-state index contributed by atoms with van der Waals surface area (Å²) in [6.07, 6.45) is 0. The molecule has 0 saturated heterocycles. The van der Waals surface area contributed by atoms with Crippen molar-refractivity contribution in [3.05, 3.63) is 35.4 Å². The number of ketones is 2. The van der Waals surface area contributed by atoms with E-state index in [1.807, 2.05) is 20.8 Å². The van der Waals surface area contributed by atoms with Gasteiger partial charge in [0.2, 0.25) is 0 Å². The Morgan fingerprint density at radius 3 is 1.87 bits per heavy atom. The Balaban J connectivity index is 3.26. The van der Waals surface area contributed by atoms with Gasteiger partial charge in [0.05, 0.1) is 0 Å². The first-order chi connectivity index (χ1) is 6.84. The van der Waals surface area contributed by atoms with Gasteiger partial charge in [0.25, 0.3) is 0 Å².